The van der Waals surface area contributed by atoms with Crippen molar-refractivity contribution in [3.8, 4) is 0 Å². The van der Waals surface area contributed by atoms with Gasteiger partial charge in [-0.15, -0.1) is 0 Å². The Morgan fingerprint density at radius 3 is 3.00 bits per heavy atom. The molecule has 1 unspecified atom stereocenters. The normalized spacial score (nSPS) is 27.8. The first-order valence-corrected chi connectivity index (χ1v) is 6.31. The number of β-amino-alcohol motifs (C(OH)–C–C–N with tert-alkyl or cyclic N) is 1. The molecule has 0 aromatic carbocycles. The molecule has 0 radical (unpaired) electrons. The molecule has 17 heavy (non-hydrogen) atoms. The second-order valence-corrected chi connectivity index (χ2v) is 5.18. The van der Waals surface area contributed by atoms with Crippen LogP contribution in [0.3, 0.4) is 0 Å². The van der Waals surface area contributed by atoms with Gasteiger partial charge in [0.1, 0.15) is 0 Å². The molecule has 0 saturated carbocycles. The summed E-state index contributed by atoms with van der Waals surface area (Å²) in [6.07, 6.45) is 1.19. The van der Waals surface area contributed by atoms with Crippen molar-refractivity contribution in [3.63, 3.8) is 0 Å². The lowest BCUT2D eigenvalue weighted by molar-refractivity contribution is 0.100. The molecule has 3 heterocycles. The van der Waals surface area contributed by atoms with Crippen LogP contribution in [0, 0.1) is 5.92 Å². The lowest BCUT2D eigenvalue weighted by atomic mass is 9.83. The number of pyridine rings is 1. The van der Waals surface area contributed by atoms with Gasteiger partial charge in [-0.05, 0) is 18.4 Å². The fraction of sp³-hybridized carbons (Fsp3) is 0.615. The van der Waals surface area contributed by atoms with Crippen LogP contribution in [-0.2, 0) is 6.54 Å². The van der Waals surface area contributed by atoms with E-state index in [1.807, 2.05) is 10.6 Å². The summed E-state index contributed by atoms with van der Waals surface area (Å²) < 4.78 is 1.94. The lowest BCUT2D eigenvalue weighted by Gasteiger charge is -2.42. The molecule has 2 aliphatic rings. The van der Waals surface area contributed by atoms with E-state index in [0.717, 1.165) is 26.2 Å². The van der Waals surface area contributed by atoms with Gasteiger partial charge in [0.2, 0.25) is 0 Å². The summed E-state index contributed by atoms with van der Waals surface area (Å²) in [4.78, 5) is 14.1. The van der Waals surface area contributed by atoms with E-state index in [9.17, 15) is 4.79 Å². The highest BCUT2D eigenvalue weighted by Crippen LogP contribution is 2.34. The molecule has 3 rings (SSSR count). The summed E-state index contributed by atoms with van der Waals surface area (Å²) in [5.74, 6) is 1.02. The minimum absolute atomic E-state index is 0.132. The third-order valence-electron chi connectivity index (χ3n) is 3.97. The van der Waals surface area contributed by atoms with Crippen molar-refractivity contribution in [2.24, 2.45) is 5.92 Å². The fourth-order valence-electron chi connectivity index (χ4n) is 3.32. The zero-order valence-corrected chi connectivity index (χ0v) is 9.88. The summed E-state index contributed by atoms with van der Waals surface area (Å²) in [6.45, 7) is 3.80. The first-order chi connectivity index (χ1) is 8.28. The van der Waals surface area contributed by atoms with Crippen LogP contribution in [0.1, 0.15) is 18.0 Å². The maximum absolute atomic E-state index is 11.8. The number of aromatic nitrogens is 1. The molecule has 2 bridgehead atoms. The maximum Gasteiger partial charge on any atom is 0.250 e. The molecule has 1 N–H and O–H groups in total. The van der Waals surface area contributed by atoms with Crippen LogP contribution in [-0.4, -0.2) is 40.8 Å². The predicted molar refractivity (Wildman–Crippen MR) is 65.1 cm³/mol. The molecule has 0 spiro atoms. The first-order valence-electron chi connectivity index (χ1n) is 6.31. The minimum atomic E-state index is 0.132. The molecule has 4 nitrogen and oxygen atoms in total. The molecule has 2 atom stereocenters. The van der Waals surface area contributed by atoms with Crippen molar-refractivity contribution >= 4 is 0 Å². The number of aliphatic hydroxyl groups excluding tert-OH is 1. The number of likely N-dealkylation sites (tertiary alicyclic amines) is 1. The Bertz CT molecular complexity index is 469. The van der Waals surface area contributed by atoms with Crippen LogP contribution in [0.5, 0.6) is 0 Å². The van der Waals surface area contributed by atoms with E-state index in [-0.39, 0.29) is 12.2 Å². The number of hydrogen-bond donors (Lipinski definition) is 1. The highest BCUT2D eigenvalue weighted by atomic mass is 16.3. The second-order valence-electron chi connectivity index (χ2n) is 5.18. The van der Waals surface area contributed by atoms with Crippen molar-refractivity contribution in [3.05, 3.63) is 34.2 Å². The number of nitrogens with zero attached hydrogens (tertiary/aromatic N) is 2. The van der Waals surface area contributed by atoms with Gasteiger partial charge in [0.05, 0.1) is 6.61 Å². The van der Waals surface area contributed by atoms with Gasteiger partial charge in [-0.25, -0.2) is 0 Å². The van der Waals surface area contributed by atoms with Gasteiger partial charge in [-0.2, -0.15) is 0 Å². The standard InChI is InChI=1S/C13H18N2O2/c16-5-4-14-7-10-6-11(9-14)12-2-1-3-13(17)15(12)8-10/h1-3,10-11,16H,4-9H2/t10-,11?/m1/s1. The van der Waals surface area contributed by atoms with E-state index in [1.165, 1.54) is 12.1 Å². The van der Waals surface area contributed by atoms with E-state index < -0.39 is 0 Å². The van der Waals surface area contributed by atoms with Crippen LogP contribution in [0.15, 0.2) is 23.0 Å². The predicted octanol–water partition coefficient (Wildman–Crippen LogP) is 0.260. The summed E-state index contributed by atoms with van der Waals surface area (Å²) in [5.41, 5.74) is 1.31. The smallest absolute Gasteiger partial charge is 0.250 e. The number of rotatable bonds is 2. The zero-order chi connectivity index (χ0) is 11.8. The highest BCUT2D eigenvalue weighted by molar-refractivity contribution is 5.16. The van der Waals surface area contributed by atoms with Crippen molar-refractivity contribution in [1.82, 2.24) is 9.47 Å². The molecule has 1 aromatic rings. The third kappa shape index (κ3) is 1.91. The van der Waals surface area contributed by atoms with Gasteiger partial charge < -0.3 is 14.6 Å². The largest absolute Gasteiger partial charge is 0.395 e. The molecule has 0 aliphatic carbocycles. The van der Waals surface area contributed by atoms with E-state index in [0.29, 0.717) is 11.8 Å². The summed E-state index contributed by atoms with van der Waals surface area (Å²) in [6, 6.07) is 5.58. The molecule has 2 aliphatic heterocycles. The second kappa shape index (κ2) is 4.27. The minimum Gasteiger partial charge on any atom is -0.395 e. The Kier molecular flexibility index (Phi) is 2.76. The van der Waals surface area contributed by atoms with Crippen molar-refractivity contribution in [1.29, 1.82) is 0 Å². The summed E-state index contributed by atoms with van der Waals surface area (Å²) in [7, 11) is 0. The van der Waals surface area contributed by atoms with Crippen molar-refractivity contribution in [2.45, 2.75) is 18.9 Å². The maximum atomic E-state index is 11.8. The van der Waals surface area contributed by atoms with Crippen molar-refractivity contribution in [2.75, 3.05) is 26.2 Å². The summed E-state index contributed by atoms with van der Waals surface area (Å²) >= 11 is 0. The van der Waals surface area contributed by atoms with Crippen LogP contribution < -0.4 is 5.56 Å². The van der Waals surface area contributed by atoms with E-state index in [4.69, 9.17) is 5.11 Å². The highest BCUT2D eigenvalue weighted by Gasteiger charge is 2.33. The average Bonchev–Trinajstić information content (AvgIpc) is 2.31. The average molecular weight is 234 g/mol. The quantitative estimate of drug-likeness (QED) is 0.798. The van der Waals surface area contributed by atoms with E-state index in [2.05, 4.69) is 11.0 Å². The van der Waals surface area contributed by atoms with Crippen LogP contribution >= 0.6 is 0 Å². The molecular weight excluding hydrogens is 216 g/mol. The SMILES string of the molecule is O=c1cccc2n1C[C@@H]1CC2CN(CCO)C1. The Balaban J connectivity index is 1.93. The number of piperidine rings is 1. The van der Waals surface area contributed by atoms with Gasteiger partial charge >= 0.3 is 0 Å². The number of aliphatic hydroxyl groups is 1. The number of fused-ring (bicyclic) bond motifs is 4. The molecule has 1 fully saturated rings. The summed E-state index contributed by atoms with van der Waals surface area (Å²) in [5, 5.41) is 9.02. The van der Waals surface area contributed by atoms with Crippen LogP contribution in [0.4, 0.5) is 0 Å². The molecule has 1 saturated heterocycles. The Hall–Kier alpha value is -1.13. The van der Waals surface area contributed by atoms with Gasteiger partial charge in [0.25, 0.3) is 5.56 Å². The Morgan fingerprint density at radius 1 is 1.29 bits per heavy atom. The Morgan fingerprint density at radius 2 is 2.18 bits per heavy atom. The zero-order valence-electron chi connectivity index (χ0n) is 9.88. The van der Waals surface area contributed by atoms with Crippen LogP contribution in [0.25, 0.3) is 0 Å². The molecule has 1 aromatic heterocycles. The van der Waals surface area contributed by atoms with Crippen LogP contribution in [0.2, 0.25) is 0 Å². The van der Waals surface area contributed by atoms with Gasteiger partial charge in [-0.3, -0.25) is 4.79 Å². The van der Waals surface area contributed by atoms with Gasteiger partial charge in [0, 0.05) is 43.9 Å². The monoisotopic (exact) mass is 234 g/mol. The topological polar surface area (TPSA) is 45.5 Å². The van der Waals surface area contributed by atoms with E-state index >= 15 is 0 Å². The van der Waals surface area contributed by atoms with E-state index in [1.54, 1.807) is 6.07 Å². The lowest BCUT2D eigenvalue weighted by Crippen LogP contribution is -2.47. The molecule has 0 amide bonds. The fourth-order valence-corrected chi connectivity index (χ4v) is 3.32. The molecular formula is C13H18N2O2. The first kappa shape index (κ1) is 11.0. The van der Waals surface area contributed by atoms with Gasteiger partial charge in [-0.1, -0.05) is 6.07 Å². The molecule has 92 valence electrons. The van der Waals surface area contributed by atoms with Gasteiger partial charge in [0.15, 0.2) is 0 Å². The third-order valence-corrected chi connectivity index (χ3v) is 3.97. The molecule has 4 heteroatoms. The number of hydrogen-bond acceptors (Lipinski definition) is 3. The van der Waals surface area contributed by atoms with Crippen molar-refractivity contribution < 1.29 is 5.11 Å². The Labute approximate surface area is 100 Å².